The van der Waals surface area contributed by atoms with Gasteiger partial charge in [0.1, 0.15) is 5.78 Å². The number of sulfonamides is 1. The molecule has 1 N–H and O–H groups in total. The lowest BCUT2D eigenvalue weighted by atomic mass is 9.80. The van der Waals surface area contributed by atoms with Gasteiger partial charge in [-0.3, -0.25) is 4.79 Å². The second-order valence-corrected chi connectivity index (χ2v) is 10.6. The first kappa shape index (κ1) is 24.4. The van der Waals surface area contributed by atoms with Crippen molar-refractivity contribution in [2.24, 2.45) is 0 Å². The van der Waals surface area contributed by atoms with Crippen molar-refractivity contribution in [3.63, 3.8) is 0 Å². The predicted octanol–water partition coefficient (Wildman–Crippen LogP) is 3.14. The lowest BCUT2D eigenvalue weighted by Crippen LogP contribution is -2.37. The highest BCUT2D eigenvalue weighted by Crippen LogP contribution is 2.34. The standard InChI is InChI=1S/C23H30FN3O4S/c1-4-32(30,31)27-9-5-7-19(28)22(20(29)8-6-10-27)21-15(2)11-17(12-16(21)3)23-25-13-18(24)14-26-23/h11-14,19,22,28H,4-10H2,1-3H3. The van der Waals surface area contributed by atoms with Gasteiger partial charge < -0.3 is 5.11 Å². The number of aliphatic hydroxyl groups is 1. The summed E-state index contributed by atoms with van der Waals surface area (Å²) < 4.78 is 39.1. The molecule has 1 fully saturated rings. The Morgan fingerprint density at radius 2 is 1.72 bits per heavy atom. The summed E-state index contributed by atoms with van der Waals surface area (Å²) in [5, 5.41) is 11.0. The number of aliphatic hydroxyl groups excluding tert-OH is 1. The Labute approximate surface area is 188 Å². The molecule has 1 aromatic carbocycles. The van der Waals surface area contributed by atoms with Gasteiger partial charge in [-0.15, -0.1) is 0 Å². The maximum atomic E-state index is 13.2. The number of aryl methyl sites for hydroxylation is 2. The molecule has 1 aromatic heterocycles. The van der Waals surface area contributed by atoms with Gasteiger partial charge in [-0.1, -0.05) is 0 Å². The van der Waals surface area contributed by atoms with Gasteiger partial charge in [-0.05, 0) is 68.9 Å². The molecule has 3 rings (SSSR count). The molecule has 0 radical (unpaired) electrons. The first-order valence-electron chi connectivity index (χ1n) is 10.9. The van der Waals surface area contributed by atoms with Gasteiger partial charge in [0.2, 0.25) is 10.0 Å². The van der Waals surface area contributed by atoms with E-state index in [9.17, 15) is 22.7 Å². The van der Waals surface area contributed by atoms with Crippen molar-refractivity contribution >= 4 is 15.8 Å². The molecule has 9 heteroatoms. The minimum Gasteiger partial charge on any atom is -0.392 e. The third-order valence-electron chi connectivity index (χ3n) is 6.01. The quantitative estimate of drug-likeness (QED) is 0.748. The van der Waals surface area contributed by atoms with Crippen LogP contribution in [0.5, 0.6) is 0 Å². The van der Waals surface area contributed by atoms with Crippen LogP contribution in [0.25, 0.3) is 11.4 Å². The lowest BCUT2D eigenvalue weighted by Gasteiger charge is -2.29. The van der Waals surface area contributed by atoms with E-state index in [1.54, 1.807) is 6.92 Å². The highest BCUT2D eigenvalue weighted by atomic mass is 32.2. The molecule has 0 spiro atoms. The SMILES string of the molecule is CCS(=O)(=O)N1CCCC(=O)C(c2c(C)cc(-c3ncc(F)cn3)cc2C)C(O)CCC1. The monoisotopic (exact) mass is 463 g/mol. The van der Waals surface area contributed by atoms with E-state index in [0.717, 1.165) is 29.1 Å². The summed E-state index contributed by atoms with van der Waals surface area (Å²) in [4.78, 5) is 21.2. The van der Waals surface area contributed by atoms with Crippen molar-refractivity contribution in [3.8, 4) is 11.4 Å². The molecule has 2 heterocycles. The Morgan fingerprint density at radius 1 is 1.12 bits per heavy atom. The minimum atomic E-state index is -3.33. The van der Waals surface area contributed by atoms with Crippen LogP contribution in [0.3, 0.4) is 0 Å². The van der Waals surface area contributed by atoms with Crippen LogP contribution in [-0.4, -0.2) is 58.5 Å². The van der Waals surface area contributed by atoms with Crippen molar-refractivity contribution < 1.29 is 22.7 Å². The molecule has 0 saturated carbocycles. The first-order valence-corrected chi connectivity index (χ1v) is 12.5. The fraction of sp³-hybridized carbons (Fsp3) is 0.522. The van der Waals surface area contributed by atoms with Gasteiger partial charge in [-0.2, -0.15) is 0 Å². The third kappa shape index (κ3) is 5.39. The van der Waals surface area contributed by atoms with Crippen molar-refractivity contribution in [3.05, 3.63) is 47.0 Å². The third-order valence-corrected chi connectivity index (χ3v) is 7.89. The van der Waals surface area contributed by atoms with Crippen molar-refractivity contribution in [2.45, 2.75) is 58.5 Å². The number of carbonyl (C=O) groups excluding carboxylic acids is 1. The fourth-order valence-electron chi connectivity index (χ4n) is 4.42. The average Bonchev–Trinajstić information content (AvgIpc) is 2.74. The molecule has 174 valence electrons. The molecular weight excluding hydrogens is 433 g/mol. The highest BCUT2D eigenvalue weighted by molar-refractivity contribution is 7.89. The van der Waals surface area contributed by atoms with E-state index in [2.05, 4.69) is 9.97 Å². The molecule has 32 heavy (non-hydrogen) atoms. The van der Waals surface area contributed by atoms with Crippen LogP contribution in [0.1, 0.15) is 55.2 Å². The number of nitrogens with zero attached hydrogens (tertiary/aromatic N) is 3. The van der Waals surface area contributed by atoms with Crippen molar-refractivity contribution in [2.75, 3.05) is 18.8 Å². The molecule has 1 aliphatic rings. The Kier molecular flexibility index (Phi) is 7.74. The summed E-state index contributed by atoms with van der Waals surface area (Å²) in [5.74, 6) is -0.870. The molecule has 0 aliphatic carbocycles. The Balaban J connectivity index is 1.89. The summed E-state index contributed by atoms with van der Waals surface area (Å²) >= 11 is 0. The smallest absolute Gasteiger partial charge is 0.213 e. The summed E-state index contributed by atoms with van der Waals surface area (Å²) in [6.45, 7) is 6.01. The first-order chi connectivity index (χ1) is 15.1. The minimum absolute atomic E-state index is 0.0225. The number of hydrogen-bond acceptors (Lipinski definition) is 6. The zero-order chi connectivity index (χ0) is 23.5. The van der Waals surface area contributed by atoms with E-state index in [0.29, 0.717) is 43.7 Å². The number of ketones is 1. The Morgan fingerprint density at radius 3 is 2.31 bits per heavy atom. The van der Waals surface area contributed by atoms with Gasteiger partial charge in [-0.25, -0.2) is 27.1 Å². The number of carbonyl (C=O) groups is 1. The zero-order valence-electron chi connectivity index (χ0n) is 18.7. The van der Waals surface area contributed by atoms with Crippen LogP contribution in [-0.2, 0) is 14.8 Å². The Hall–Kier alpha value is -2.23. The fourth-order valence-corrected chi connectivity index (χ4v) is 5.60. The van der Waals surface area contributed by atoms with E-state index in [-0.39, 0.29) is 18.0 Å². The van der Waals surface area contributed by atoms with Crippen LogP contribution in [0.4, 0.5) is 4.39 Å². The summed E-state index contributed by atoms with van der Waals surface area (Å²) in [6, 6.07) is 3.70. The Bertz CT molecular complexity index is 1050. The van der Waals surface area contributed by atoms with Crippen LogP contribution >= 0.6 is 0 Å². The summed E-state index contributed by atoms with van der Waals surface area (Å²) in [6.07, 6.45) is 2.73. The zero-order valence-corrected chi connectivity index (χ0v) is 19.5. The van der Waals surface area contributed by atoms with Crippen molar-refractivity contribution in [1.82, 2.24) is 14.3 Å². The highest BCUT2D eigenvalue weighted by Gasteiger charge is 2.32. The number of halogens is 1. The molecule has 7 nitrogen and oxygen atoms in total. The van der Waals surface area contributed by atoms with Crippen LogP contribution in [0, 0.1) is 19.7 Å². The van der Waals surface area contributed by atoms with Crippen LogP contribution < -0.4 is 0 Å². The van der Waals surface area contributed by atoms with Gasteiger partial charge in [0.15, 0.2) is 11.6 Å². The predicted molar refractivity (Wildman–Crippen MR) is 120 cm³/mol. The second-order valence-electron chi connectivity index (χ2n) is 8.31. The molecule has 2 atom stereocenters. The molecule has 0 bridgehead atoms. The van der Waals surface area contributed by atoms with Crippen molar-refractivity contribution in [1.29, 1.82) is 0 Å². The maximum absolute atomic E-state index is 13.2. The summed E-state index contributed by atoms with van der Waals surface area (Å²) in [7, 11) is -3.33. The number of hydrogen-bond donors (Lipinski definition) is 1. The van der Waals surface area contributed by atoms with E-state index in [1.807, 2.05) is 26.0 Å². The number of aromatic nitrogens is 2. The van der Waals surface area contributed by atoms with E-state index < -0.39 is 27.9 Å². The van der Waals surface area contributed by atoms with E-state index >= 15 is 0 Å². The van der Waals surface area contributed by atoms with Crippen LogP contribution in [0.15, 0.2) is 24.5 Å². The molecular formula is C23H30FN3O4S. The van der Waals surface area contributed by atoms with Gasteiger partial charge in [0.25, 0.3) is 0 Å². The van der Waals surface area contributed by atoms with Gasteiger partial charge in [0.05, 0.1) is 30.2 Å². The largest absolute Gasteiger partial charge is 0.392 e. The van der Waals surface area contributed by atoms with Crippen LogP contribution in [0.2, 0.25) is 0 Å². The maximum Gasteiger partial charge on any atom is 0.213 e. The lowest BCUT2D eigenvalue weighted by molar-refractivity contribution is -0.123. The van der Waals surface area contributed by atoms with Gasteiger partial charge >= 0.3 is 0 Å². The number of rotatable bonds is 4. The molecule has 2 aromatic rings. The van der Waals surface area contributed by atoms with Gasteiger partial charge in [0, 0.05) is 25.1 Å². The molecule has 0 amide bonds. The molecule has 1 aliphatic heterocycles. The molecule has 2 unspecified atom stereocenters. The topological polar surface area (TPSA) is 100 Å². The average molecular weight is 464 g/mol. The normalized spacial score (nSPS) is 21.5. The summed E-state index contributed by atoms with van der Waals surface area (Å²) in [5.41, 5.74) is 3.16. The second kappa shape index (κ2) is 10.1. The number of benzene rings is 1. The molecule has 1 saturated heterocycles. The number of Topliss-reactive ketones (excluding diaryl/α,β-unsaturated/α-hetero) is 1. The van der Waals surface area contributed by atoms with E-state index in [1.165, 1.54) is 4.31 Å². The van der Waals surface area contributed by atoms with E-state index in [4.69, 9.17) is 0 Å².